The van der Waals surface area contributed by atoms with E-state index in [0.29, 0.717) is 50.6 Å². The molecule has 0 saturated carbocycles. The minimum absolute atomic E-state index is 0.0118. The molecular weight excluding hydrogens is 434 g/mol. The third-order valence-corrected chi connectivity index (χ3v) is 6.79. The Kier molecular flexibility index (Phi) is 8.29. The molecule has 1 saturated heterocycles. The van der Waals surface area contributed by atoms with Gasteiger partial charge in [-0.3, -0.25) is 9.59 Å². The molecule has 0 bridgehead atoms. The molecule has 1 aromatic heterocycles. The number of benzene rings is 1. The number of rotatable bonds is 10. The second-order valence-corrected chi connectivity index (χ2v) is 9.27. The van der Waals surface area contributed by atoms with Crippen molar-refractivity contribution in [1.82, 2.24) is 14.9 Å². The summed E-state index contributed by atoms with van der Waals surface area (Å²) in [6.07, 6.45) is 2.77. The first-order chi connectivity index (χ1) is 15.4. The van der Waals surface area contributed by atoms with E-state index in [1.54, 1.807) is 35.4 Å². The summed E-state index contributed by atoms with van der Waals surface area (Å²) in [5.74, 6) is 0.968. The summed E-state index contributed by atoms with van der Waals surface area (Å²) in [7, 11) is -3.70. The van der Waals surface area contributed by atoms with Gasteiger partial charge in [0.15, 0.2) is 0 Å². The fraction of sp³-hybridized carbons (Fsp3) is 0.455. The SMILES string of the molecule is CCOc1ccc(S(=O)(=O)NCCC(=O)N2CCC(C(=O)NCc3ccco3)CC2)cc1. The van der Waals surface area contributed by atoms with Gasteiger partial charge in [0.2, 0.25) is 21.8 Å². The number of likely N-dealkylation sites (tertiary alicyclic amines) is 1. The van der Waals surface area contributed by atoms with Crippen LogP contribution >= 0.6 is 0 Å². The number of sulfonamides is 1. The van der Waals surface area contributed by atoms with Gasteiger partial charge in [0, 0.05) is 32.0 Å². The van der Waals surface area contributed by atoms with E-state index < -0.39 is 10.0 Å². The molecule has 174 valence electrons. The fourth-order valence-electron chi connectivity index (χ4n) is 3.54. The van der Waals surface area contributed by atoms with Crippen LogP contribution in [-0.2, 0) is 26.2 Å². The highest BCUT2D eigenvalue weighted by atomic mass is 32.2. The second kappa shape index (κ2) is 11.1. The van der Waals surface area contributed by atoms with Crippen molar-refractivity contribution < 1.29 is 27.2 Å². The monoisotopic (exact) mass is 463 g/mol. The Morgan fingerprint density at radius 1 is 1.16 bits per heavy atom. The van der Waals surface area contributed by atoms with Crippen LogP contribution in [0.2, 0.25) is 0 Å². The summed E-state index contributed by atoms with van der Waals surface area (Å²) in [6.45, 7) is 3.66. The zero-order valence-corrected chi connectivity index (χ0v) is 18.9. The largest absolute Gasteiger partial charge is 0.494 e. The van der Waals surface area contributed by atoms with Crippen LogP contribution < -0.4 is 14.8 Å². The van der Waals surface area contributed by atoms with Crippen LogP contribution in [0.1, 0.15) is 31.9 Å². The third kappa shape index (κ3) is 6.57. The van der Waals surface area contributed by atoms with Crippen molar-refractivity contribution in [3.63, 3.8) is 0 Å². The van der Waals surface area contributed by atoms with Gasteiger partial charge in [0.05, 0.1) is 24.3 Å². The molecule has 1 aliphatic heterocycles. The molecule has 1 aliphatic rings. The summed E-state index contributed by atoms with van der Waals surface area (Å²) in [6, 6.07) is 9.69. The average molecular weight is 464 g/mol. The number of carbonyl (C=O) groups excluding carboxylic acids is 2. The lowest BCUT2D eigenvalue weighted by molar-refractivity contribution is -0.135. The number of hydrogen-bond donors (Lipinski definition) is 2. The minimum atomic E-state index is -3.70. The van der Waals surface area contributed by atoms with Gasteiger partial charge in [-0.1, -0.05) is 0 Å². The lowest BCUT2D eigenvalue weighted by Gasteiger charge is -2.31. The molecule has 9 nitrogen and oxygen atoms in total. The van der Waals surface area contributed by atoms with Gasteiger partial charge in [-0.15, -0.1) is 0 Å². The number of hydrogen-bond acceptors (Lipinski definition) is 6. The van der Waals surface area contributed by atoms with E-state index in [9.17, 15) is 18.0 Å². The maximum atomic E-state index is 12.5. The van der Waals surface area contributed by atoms with E-state index in [4.69, 9.17) is 9.15 Å². The number of nitrogens with one attached hydrogen (secondary N) is 2. The van der Waals surface area contributed by atoms with Gasteiger partial charge in [-0.05, 0) is 56.2 Å². The molecule has 0 atom stereocenters. The summed E-state index contributed by atoms with van der Waals surface area (Å²) >= 11 is 0. The Morgan fingerprint density at radius 3 is 2.50 bits per heavy atom. The standard InChI is InChI=1S/C22H29N3O6S/c1-2-30-18-5-7-20(8-6-18)32(28,29)24-12-9-21(26)25-13-10-17(11-14-25)22(27)23-16-19-4-3-15-31-19/h3-8,15,17,24H,2,9-14,16H2,1H3,(H,23,27). The molecule has 0 unspecified atom stereocenters. The molecule has 1 fully saturated rings. The van der Waals surface area contributed by atoms with Crippen LogP contribution in [0.3, 0.4) is 0 Å². The van der Waals surface area contributed by atoms with Gasteiger partial charge < -0.3 is 19.4 Å². The molecule has 0 spiro atoms. The zero-order chi connectivity index (χ0) is 23.0. The number of piperidine rings is 1. The molecule has 0 radical (unpaired) electrons. The minimum Gasteiger partial charge on any atom is -0.494 e. The van der Waals surface area contributed by atoms with Crippen LogP contribution in [0.25, 0.3) is 0 Å². The number of carbonyl (C=O) groups is 2. The fourth-order valence-corrected chi connectivity index (χ4v) is 4.57. The molecule has 32 heavy (non-hydrogen) atoms. The first kappa shape index (κ1) is 23.8. The Morgan fingerprint density at radius 2 is 1.88 bits per heavy atom. The van der Waals surface area contributed by atoms with Crippen molar-refractivity contribution in [3.05, 3.63) is 48.4 Å². The quantitative estimate of drug-likeness (QED) is 0.556. The molecule has 1 aromatic carbocycles. The van der Waals surface area contributed by atoms with Crippen molar-refractivity contribution in [2.24, 2.45) is 5.92 Å². The van der Waals surface area contributed by atoms with Gasteiger partial charge >= 0.3 is 0 Å². The van der Waals surface area contributed by atoms with Crippen molar-refractivity contribution >= 4 is 21.8 Å². The highest BCUT2D eigenvalue weighted by molar-refractivity contribution is 7.89. The molecule has 2 N–H and O–H groups in total. The Bertz CT molecular complexity index is 981. The summed E-state index contributed by atoms with van der Waals surface area (Å²) in [5, 5.41) is 2.86. The molecular formula is C22H29N3O6S. The zero-order valence-electron chi connectivity index (χ0n) is 18.1. The lowest BCUT2D eigenvalue weighted by atomic mass is 9.95. The first-order valence-electron chi connectivity index (χ1n) is 10.7. The molecule has 10 heteroatoms. The van der Waals surface area contributed by atoms with Crippen LogP contribution in [0.4, 0.5) is 0 Å². The Hall–Kier alpha value is -2.85. The van der Waals surface area contributed by atoms with E-state index in [1.165, 1.54) is 12.1 Å². The van der Waals surface area contributed by atoms with Gasteiger partial charge in [-0.25, -0.2) is 13.1 Å². The van der Waals surface area contributed by atoms with E-state index >= 15 is 0 Å². The van der Waals surface area contributed by atoms with Crippen molar-refractivity contribution in [1.29, 1.82) is 0 Å². The van der Waals surface area contributed by atoms with Crippen LogP contribution in [-0.4, -0.2) is 51.4 Å². The van der Waals surface area contributed by atoms with E-state index in [1.807, 2.05) is 6.92 Å². The topological polar surface area (TPSA) is 118 Å². The molecule has 2 aromatic rings. The number of ether oxygens (including phenoxy) is 1. The number of amides is 2. The Balaban J connectivity index is 1.38. The molecule has 3 rings (SSSR count). The van der Waals surface area contributed by atoms with Crippen molar-refractivity contribution in [3.8, 4) is 5.75 Å². The maximum Gasteiger partial charge on any atom is 0.240 e. The predicted octanol–water partition coefficient (Wildman–Crippen LogP) is 1.90. The molecule has 0 aliphatic carbocycles. The van der Waals surface area contributed by atoms with Gasteiger partial charge in [0.1, 0.15) is 11.5 Å². The smallest absolute Gasteiger partial charge is 0.240 e. The highest BCUT2D eigenvalue weighted by Gasteiger charge is 2.27. The number of furan rings is 1. The third-order valence-electron chi connectivity index (χ3n) is 5.31. The van der Waals surface area contributed by atoms with E-state index in [-0.39, 0.29) is 35.6 Å². The second-order valence-electron chi connectivity index (χ2n) is 7.50. The van der Waals surface area contributed by atoms with Crippen molar-refractivity contribution in [2.75, 3.05) is 26.2 Å². The lowest BCUT2D eigenvalue weighted by Crippen LogP contribution is -2.43. The highest BCUT2D eigenvalue weighted by Crippen LogP contribution is 2.19. The van der Waals surface area contributed by atoms with E-state index in [0.717, 1.165) is 0 Å². The van der Waals surface area contributed by atoms with Gasteiger partial charge in [-0.2, -0.15) is 0 Å². The summed E-state index contributed by atoms with van der Waals surface area (Å²) in [4.78, 5) is 26.6. The van der Waals surface area contributed by atoms with Crippen molar-refractivity contribution in [2.45, 2.75) is 37.6 Å². The van der Waals surface area contributed by atoms with Crippen LogP contribution in [0.5, 0.6) is 5.75 Å². The average Bonchev–Trinajstić information content (AvgIpc) is 3.32. The normalized spacial score (nSPS) is 14.8. The van der Waals surface area contributed by atoms with Crippen LogP contribution in [0.15, 0.2) is 52.0 Å². The Labute approximate surface area is 188 Å². The molecule has 2 amide bonds. The molecule has 2 heterocycles. The van der Waals surface area contributed by atoms with E-state index in [2.05, 4.69) is 10.0 Å². The maximum absolute atomic E-state index is 12.5. The predicted molar refractivity (Wildman–Crippen MR) is 117 cm³/mol. The number of nitrogens with zero attached hydrogens (tertiary/aromatic N) is 1. The van der Waals surface area contributed by atoms with Gasteiger partial charge in [0.25, 0.3) is 0 Å². The van der Waals surface area contributed by atoms with Crippen LogP contribution in [0, 0.1) is 5.92 Å². The summed E-state index contributed by atoms with van der Waals surface area (Å²) in [5.41, 5.74) is 0. The first-order valence-corrected chi connectivity index (χ1v) is 12.2. The summed E-state index contributed by atoms with van der Waals surface area (Å²) < 4.78 is 37.8.